The zero-order chi connectivity index (χ0) is 8.97. The maximum absolute atomic E-state index is 4.94. The van der Waals surface area contributed by atoms with E-state index in [0.717, 1.165) is 11.3 Å². The van der Waals surface area contributed by atoms with Crippen molar-refractivity contribution in [3.8, 4) is 0 Å². The smallest absolute Gasteiger partial charge is 0.0979 e. The third-order valence-electron chi connectivity index (χ3n) is 1.52. The van der Waals surface area contributed by atoms with E-state index >= 15 is 0 Å². The van der Waals surface area contributed by atoms with Gasteiger partial charge in [-0.25, -0.2) is 0 Å². The quantitative estimate of drug-likeness (QED) is 0.639. The highest BCUT2D eigenvalue weighted by Gasteiger charge is 2.05. The van der Waals surface area contributed by atoms with E-state index in [1.54, 1.807) is 0 Å². The lowest BCUT2D eigenvalue weighted by atomic mass is 10.2. The first kappa shape index (κ1) is 9.03. The van der Waals surface area contributed by atoms with Crippen LogP contribution in [0.4, 0.5) is 5.69 Å². The predicted octanol–water partition coefficient (Wildman–Crippen LogP) is 1.80. The van der Waals surface area contributed by atoms with Gasteiger partial charge in [0.2, 0.25) is 0 Å². The Labute approximate surface area is 72.4 Å². The van der Waals surface area contributed by atoms with Crippen molar-refractivity contribution in [1.29, 1.82) is 0 Å². The molecule has 0 fully saturated rings. The second kappa shape index (κ2) is 4.09. The number of benzene rings is 1. The van der Waals surface area contributed by atoms with E-state index in [-0.39, 0.29) is 0 Å². The molecule has 0 amide bonds. The van der Waals surface area contributed by atoms with Gasteiger partial charge in [-0.15, -0.1) is 5.23 Å². The first-order chi connectivity index (χ1) is 5.79. The highest BCUT2D eigenvalue weighted by Crippen LogP contribution is 2.18. The molecular weight excluding hydrogens is 154 g/mol. The van der Waals surface area contributed by atoms with Crippen LogP contribution in [0.5, 0.6) is 0 Å². The lowest BCUT2D eigenvalue weighted by Gasteiger charge is -2.19. The summed E-state index contributed by atoms with van der Waals surface area (Å²) >= 11 is 0. The molecule has 3 heteroatoms. The van der Waals surface area contributed by atoms with Crippen molar-refractivity contribution >= 4 is 5.69 Å². The molecule has 0 aliphatic carbocycles. The van der Waals surface area contributed by atoms with Crippen LogP contribution in [0, 0.1) is 6.92 Å². The number of hydrogen-bond donors (Lipinski definition) is 0. The Bertz CT molecular complexity index is 246. The Morgan fingerprint density at radius 2 is 1.75 bits per heavy atom. The highest BCUT2D eigenvalue weighted by atomic mass is 16.9. The SMILES string of the molecule is [CH2]c1ccccc1N(OC)OC. The van der Waals surface area contributed by atoms with Gasteiger partial charge in [-0.3, -0.25) is 9.68 Å². The zero-order valence-electron chi connectivity index (χ0n) is 7.28. The Hall–Kier alpha value is -1.06. The van der Waals surface area contributed by atoms with Gasteiger partial charge in [0, 0.05) is 0 Å². The molecule has 65 valence electrons. The maximum Gasteiger partial charge on any atom is 0.0979 e. The molecule has 1 radical (unpaired) electrons. The van der Waals surface area contributed by atoms with Crippen LogP contribution in [0.1, 0.15) is 5.56 Å². The number of hydrogen-bond acceptors (Lipinski definition) is 3. The average Bonchev–Trinajstić information content (AvgIpc) is 2.10. The van der Waals surface area contributed by atoms with E-state index in [9.17, 15) is 0 Å². The average molecular weight is 166 g/mol. The van der Waals surface area contributed by atoms with Gasteiger partial charge in [0.1, 0.15) is 0 Å². The third kappa shape index (κ3) is 1.75. The van der Waals surface area contributed by atoms with E-state index in [2.05, 4.69) is 6.92 Å². The number of nitrogens with zero attached hydrogens (tertiary/aromatic N) is 1. The van der Waals surface area contributed by atoms with Crippen LogP contribution in [-0.4, -0.2) is 14.2 Å². The van der Waals surface area contributed by atoms with Crippen LogP contribution < -0.4 is 5.23 Å². The number of rotatable bonds is 3. The molecule has 1 aromatic carbocycles. The van der Waals surface area contributed by atoms with E-state index < -0.39 is 0 Å². The molecular formula is C9H12NO2. The molecule has 0 aromatic heterocycles. The van der Waals surface area contributed by atoms with Crippen molar-refractivity contribution in [3.05, 3.63) is 36.8 Å². The van der Waals surface area contributed by atoms with Crippen LogP contribution in [-0.2, 0) is 9.68 Å². The topological polar surface area (TPSA) is 21.7 Å². The number of para-hydroxylation sites is 1. The van der Waals surface area contributed by atoms with Gasteiger partial charge in [0.05, 0.1) is 19.9 Å². The van der Waals surface area contributed by atoms with Crippen molar-refractivity contribution in [2.24, 2.45) is 0 Å². The van der Waals surface area contributed by atoms with E-state index in [0.29, 0.717) is 0 Å². The Morgan fingerprint density at radius 3 is 2.25 bits per heavy atom. The lowest BCUT2D eigenvalue weighted by Crippen LogP contribution is -2.20. The Kier molecular flexibility index (Phi) is 3.08. The fourth-order valence-corrected chi connectivity index (χ4v) is 0.960. The first-order valence-electron chi connectivity index (χ1n) is 3.59. The molecule has 0 heterocycles. The summed E-state index contributed by atoms with van der Waals surface area (Å²) in [6.07, 6.45) is 0. The van der Waals surface area contributed by atoms with Crippen molar-refractivity contribution in [2.45, 2.75) is 0 Å². The van der Waals surface area contributed by atoms with E-state index in [1.165, 1.54) is 19.4 Å². The van der Waals surface area contributed by atoms with Crippen molar-refractivity contribution in [3.63, 3.8) is 0 Å². The molecule has 1 rings (SSSR count). The van der Waals surface area contributed by atoms with Crippen molar-refractivity contribution in [1.82, 2.24) is 0 Å². The molecule has 1 aromatic rings. The molecule has 0 saturated carbocycles. The van der Waals surface area contributed by atoms with E-state index in [4.69, 9.17) is 9.68 Å². The summed E-state index contributed by atoms with van der Waals surface area (Å²) in [6, 6.07) is 7.57. The summed E-state index contributed by atoms with van der Waals surface area (Å²) < 4.78 is 0. The minimum atomic E-state index is 0.808. The second-order valence-corrected chi connectivity index (χ2v) is 2.25. The zero-order valence-corrected chi connectivity index (χ0v) is 7.28. The fourth-order valence-electron chi connectivity index (χ4n) is 0.960. The highest BCUT2D eigenvalue weighted by molar-refractivity contribution is 5.51. The predicted molar refractivity (Wildman–Crippen MR) is 47.4 cm³/mol. The molecule has 0 spiro atoms. The van der Waals surface area contributed by atoms with Gasteiger partial charge in [-0.05, 0) is 18.6 Å². The molecule has 0 aliphatic rings. The molecule has 0 aliphatic heterocycles. The van der Waals surface area contributed by atoms with Crippen LogP contribution in [0.15, 0.2) is 24.3 Å². The van der Waals surface area contributed by atoms with E-state index in [1.807, 2.05) is 24.3 Å². The van der Waals surface area contributed by atoms with Gasteiger partial charge in [0.25, 0.3) is 0 Å². The molecule has 0 N–H and O–H groups in total. The van der Waals surface area contributed by atoms with Crippen molar-refractivity contribution in [2.75, 3.05) is 19.4 Å². The summed E-state index contributed by atoms with van der Waals surface area (Å²) in [5.41, 5.74) is 1.67. The largest absolute Gasteiger partial charge is 0.252 e. The molecule has 12 heavy (non-hydrogen) atoms. The molecule has 3 nitrogen and oxygen atoms in total. The fraction of sp³-hybridized carbons (Fsp3) is 0.222. The minimum Gasteiger partial charge on any atom is -0.252 e. The summed E-state index contributed by atoms with van der Waals surface area (Å²) in [5.74, 6) is 0. The Balaban J connectivity index is 2.92. The first-order valence-corrected chi connectivity index (χ1v) is 3.59. The van der Waals surface area contributed by atoms with Gasteiger partial charge in [-0.1, -0.05) is 18.2 Å². The van der Waals surface area contributed by atoms with Crippen molar-refractivity contribution < 1.29 is 9.68 Å². The molecule has 0 bridgehead atoms. The van der Waals surface area contributed by atoms with Gasteiger partial charge in [-0.2, -0.15) is 0 Å². The monoisotopic (exact) mass is 166 g/mol. The summed E-state index contributed by atoms with van der Waals surface area (Å²) in [7, 11) is 3.08. The molecule has 0 atom stereocenters. The minimum absolute atomic E-state index is 0.808. The lowest BCUT2D eigenvalue weighted by molar-refractivity contribution is -0.0434. The normalized spacial score (nSPS) is 9.92. The third-order valence-corrected chi connectivity index (χ3v) is 1.52. The second-order valence-electron chi connectivity index (χ2n) is 2.25. The molecule has 0 unspecified atom stereocenters. The van der Waals surface area contributed by atoms with Gasteiger partial charge < -0.3 is 0 Å². The maximum atomic E-state index is 4.94. The summed E-state index contributed by atoms with van der Waals surface area (Å²) in [5, 5.41) is 1.31. The van der Waals surface area contributed by atoms with Gasteiger partial charge >= 0.3 is 0 Å². The van der Waals surface area contributed by atoms with Crippen LogP contribution in [0.25, 0.3) is 0 Å². The summed E-state index contributed by atoms with van der Waals surface area (Å²) in [6.45, 7) is 3.84. The van der Waals surface area contributed by atoms with Crippen LogP contribution in [0.2, 0.25) is 0 Å². The molecule has 0 saturated heterocycles. The number of anilines is 1. The standard InChI is InChI=1S/C9H12NO2/c1-8-6-4-5-7-9(8)10(11-2)12-3/h4-7H,1H2,2-3H3. The Morgan fingerprint density at radius 1 is 1.17 bits per heavy atom. The van der Waals surface area contributed by atoms with Crippen LogP contribution >= 0.6 is 0 Å². The van der Waals surface area contributed by atoms with Gasteiger partial charge in [0.15, 0.2) is 0 Å². The van der Waals surface area contributed by atoms with Crippen LogP contribution in [0.3, 0.4) is 0 Å². The summed E-state index contributed by atoms with van der Waals surface area (Å²) in [4.78, 5) is 9.87.